The molecule has 16 heavy (non-hydrogen) atoms. The Bertz CT molecular complexity index is 416. The molecule has 0 aromatic carbocycles. The van der Waals surface area contributed by atoms with Crippen LogP contribution in [0.4, 0.5) is 0 Å². The molecule has 1 saturated heterocycles. The molecule has 0 spiro atoms. The third-order valence-corrected chi connectivity index (χ3v) is 2.82. The van der Waals surface area contributed by atoms with Crippen molar-refractivity contribution in [1.82, 2.24) is 10.3 Å². The molecule has 2 amide bonds. The minimum Gasteiger partial charge on any atom is -0.446 e. The van der Waals surface area contributed by atoms with Crippen LogP contribution in [0.25, 0.3) is 0 Å². The molecule has 0 aliphatic carbocycles. The second-order valence-electron chi connectivity index (χ2n) is 3.79. The lowest BCUT2D eigenvalue weighted by molar-refractivity contribution is -0.125. The molecular weight excluding hydrogens is 212 g/mol. The number of nitrogens with two attached hydrogens (primary N) is 2. The minimum atomic E-state index is -1.22. The van der Waals surface area contributed by atoms with Crippen LogP contribution in [0.15, 0.2) is 16.9 Å². The van der Waals surface area contributed by atoms with Gasteiger partial charge in [0, 0.05) is 6.54 Å². The van der Waals surface area contributed by atoms with Gasteiger partial charge >= 0.3 is 0 Å². The number of primary amides is 2. The topological polar surface area (TPSA) is 124 Å². The molecule has 2 rings (SSSR count). The zero-order chi connectivity index (χ0) is 11.8. The van der Waals surface area contributed by atoms with Gasteiger partial charge < -0.3 is 15.9 Å². The number of carbonyl (C=O) groups is 2. The number of aromatic nitrogens is 1. The summed E-state index contributed by atoms with van der Waals surface area (Å²) in [6, 6.07) is 0. The highest BCUT2D eigenvalue weighted by molar-refractivity contribution is 5.87. The van der Waals surface area contributed by atoms with Crippen LogP contribution in [0.2, 0.25) is 0 Å². The standard InChI is InChI=1S/C9H12N4O3/c10-6(14)5-3-9(7(11)15,13-4-5)8-12-1-2-16-8/h1-2,5,13H,3-4H2,(H2,10,14)(H2,11,15). The Balaban J connectivity index is 2.33. The van der Waals surface area contributed by atoms with Crippen molar-refractivity contribution < 1.29 is 14.0 Å². The molecule has 0 saturated carbocycles. The van der Waals surface area contributed by atoms with E-state index in [-0.39, 0.29) is 12.3 Å². The predicted octanol–water partition coefficient (Wildman–Crippen LogP) is -1.55. The zero-order valence-electron chi connectivity index (χ0n) is 8.47. The molecule has 1 aliphatic rings. The number of carbonyl (C=O) groups excluding carboxylic acids is 2. The first-order valence-corrected chi connectivity index (χ1v) is 4.80. The highest BCUT2D eigenvalue weighted by Gasteiger charge is 2.50. The largest absolute Gasteiger partial charge is 0.446 e. The molecule has 2 heterocycles. The summed E-state index contributed by atoms with van der Waals surface area (Å²) >= 11 is 0. The minimum absolute atomic E-state index is 0.170. The maximum Gasteiger partial charge on any atom is 0.247 e. The average molecular weight is 224 g/mol. The van der Waals surface area contributed by atoms with Gasteiger partial charge in [0.2, 0.25) is 17.7 Å². The summed E-state index contributed by atoms with van der Waals surface area (Å²) in [5.41, 5.74) is 9.30. The van der Waals surface area contributed by atoms with Crippen LogP contribution < -0.4 is 16.8 Å². The van der Waals surface area contributed by atoms with Crippen molar-refractivity contribution in [2.24, 2.45) is 17.4 Å². The van der Waals surface area contributed by atoms with Crippen molar-refractivity contribution in [2.75, 3.05) is 6.54 Å². The summed E-state index contributed by atoms with van der Waals surface area (Å²) in [4.78, 5) is 26.5. The highest BCUT2D eigenvalue weighted by Crippen LogP contribution is 2.32. The van der Waals surface area contributed by atoms with Crippen LogP contribution in [0.1, 0.15) is 12.3 Å². The Hall–Kier alpha value is -1.89. The quantitative estimate of drug-likeness (QED) is 0.573. The second kappa shape index (κ2) is 3.60. The van der Waals surface area contributed by atoms with Gasteiger partial charge in [-0.2, -0.15) is 0 Å². The second-order valence-corrected chi connectivity index (χ2v) is 3.79. The Morgan fingerprint density at radius 1 is 1.56 bits per heavy atom. The van der Waals surface area contributed by atoms with E-state index in [1.54, 1.807) is 0 Å². The molecular formula is C9H12N4O3. The monoisotopic (exact) mass is 224 g/mol. The maximum atomic E-state index is 11.5. The molecule has 1 aromatic heterocycles. The molecule has 5 N–H and O–H groups in total. The fourth-order valence-electron chi connectivity index (χ4n) is 1.90. The normalized spacial score (nSPS) is 29.1. The Morgan fingerprint density at radius 2 is 2.31 bits per heavy atom. The van der Waals surface area contributed by atoms with E-state index in [9.17, 15) is 9.59 Å². The lowest BCUT2D eigenvalue weighted by Crippen LogP contribution is -2.49. The predicted molar refractivity (Wildman–Crippen MR) is 52.7 cm³/mol. The maximum absolute atomic E-state index is 11.5. The van der Waals surface area contributed by atoms with Crippen molar-refractivity contribution in [3.05, 3.63) is 18.4 Å². The van der Waals surface area contributed by atoms with Gasteiger partial charge in [0.15, 0.2) is 5.54 Å². The molecule has 2 unspecified atom stereocenters. The first-order valence-electron chi connectivity index (χ1n) is 4.80. The Labute approximate surface area is 91.2 Å². The van der Waals surface area contributed by atoms with Gasteiger partial charge in [-0.3, -0.25) is 14.9 Å². The highest BCUT2D eigenvalue weighted by atomic mass is 16.3. The van der Waals surface area contributed by atoms with Crippen LogP contribution in [0.3, 0.4) is 0 Å². The van der Waals surface area contributed by atoms with Gasteiger partial charge in [-0.15, -0.1) is 0 Å². The number of nitrogens with one attached hydrogen (secondary N) is 1. The molecule has 0 bridgehead atoms. The lowest BCUT2D eigenvalue weighted by atomic mass is 9.91. The van der Waals surface area contributed by atoms with Gasteiger partial charge in [0.1, 0.15) is 6.26 Å². The SMILES string of the molecule is NC(=O)C1CNC(C(N)=O)(c2ncco2)C1. The summed E-state index contributed by atoms with van der Waals surface area (Å²) in [6.45, 7) is 0.292. The number of hydrogen-bond acceptors (Lipinski definition) is 5. The number of oxazole rings is 1. The average Bonchev–Trinajstić information content (AvgIpc) is 2.87. The fraction of sp³-hybridized carbons (Fsp3) is 0.444. The first kappa shape index (κ1) is 10.6. The van der Waals surface area contributed by atoms with Gasteiger partial charge in [-0.25, -0.2) is 4.98 Å². The summed E-state index contributed by atoms with van der Waals surface area (Å²) in [6.07, 6.45) is 2.94. The number of rotatable bonds is 3. The Morgan fingerprint density at radius 3 is 2.75 bits per heavy atom. The van der Waals surface area contributed by atoms with E-state index >= 15 is 0 Å². The summed E-state index contributed by atoms with van der Waals surface area (Å²) in [7, 11) is 0. The number of hydrogen-bond donors (Lipinski definition) is 3. The number of nitrogens with zero attached hydrogens (tertiary/aromatic N) is 1. The molecule has 0 radical (unpaired) electrons. The van der Waals surface area contributed by atoms with Crippen molar-refractivity contribution in [2.45, 2.75) is 12.0 Å². The zero-order valence-corrected chi connectivity index (χ0v) is 8.47. The van der Waals surface area contributed by atoms with Crippen LogP contribution in [0.5, 0.6) is 0 Å². The van der Waals surface area contributed by atoms with Gasteiger partial charge in [0.25, 0.3) is 0 Å². The van der Waals surface area contributed by atoms with E-state index in [0.717, 1.165) is 0 Å². The lowest BCUT2D eigenvalue weighted by Gasteiger charge is -2.21. The van der Waals surface area contributed by atoms with Crippen LogP contribution >= 0.6 is 0 Å². The summed E-state index contributed by atoms with van der Waals surface area (Å²) in [5.74, 6) is -1.37. The number of amides is 2. The fourth-order valence-corrected chi connectivity index (χ4v) is 1.90. The van der Waals surface area contributed by atoms with E-state index in [2.05, 4.69) is 10.3 Å². The van der Waals surface area contributed by atoms with E-state index in [0.29, 0.717) is 6.54 Å². The van der Waals surface area contributed by atoms with Crippen molar-refractivity contribution in [3.63, 3.8) is 0 Å². The smallest absolute Gasteiger partial charge is 0.247 e. The van der Waals surface area contributed by atoms with E-state index < -0.39 is 23.3 Å². The molecule has 1 aliphatic heterocycles. The van der Waals surface area contributed by atoms with Crippen LogP contribution in [0, 0.1) is 5.92 Å². The van der Waals surface area contributed by atoms with Crippen molar-refractivity contribution in [1.29, 1.82) is 0 Å². The third-order valence-electron chi connectivity index (χ3n) is 2.82. The molecule has 1 aromatic rings. The van der Waals surface area contributed by atoms with Crippen molar-refractivity contribution >= 4 is 11.8 Å². The molecule has 1 fully saturated rings. The summed E-state index contributed by atoms with van der Waals surface area (Å²) < 4.78 is 5.08. The first-order chi connectivity index (χ1) is 7.56. The van der Waals surface area contributed by atoms with Gasteiger partial charge in [-0.1, -0.05) is 0 Å². The van der Waals surface area contributed by atoms with E-state index in [1.807, 2.05) is 0 Å². The molecule has 2 atom stereocenters. The van der Waals surface area contributed by atoms with Crippen LogP contribution in [-0.4, -0.2) is 23.3 Å². The van der Waals surface area contributed by atoms with Crippen LogP contribution in [-0.2, 0) is 15.1 Å². The third kappa shape index (κ3) is 1.45. The van der Waals surface area contributed by atoms with Gasteiger partial charge in [0.05, 0.1) is 12.1 Å². The molecule has 7 heteroatoms. The van der Waals surface area contributed by atoms with Crippen molar-refractivity contribution in [3.8, 4) is 0 Å². The molecule has 7 nitrogen and oxygen atoms in total. The molecule has 86 valence electrons. The van der Waals surface area contributed by atoms with Gasteiger partial charge in [-0.05, 0) is 6.42 Å². The van der Waals surface area contributed by atoms with E-state index in [1.165, 1.54) is 12.5 Å². The van der Waals surface area contributed by atoms with E-state index in [4.69, 9.17) is 15.9 Å². The Kier molecular flexibility index (Phi) is 2.39. The summed E-state index contributed by atoms with van der Waals surface area (Å²) in [5, 5.41) is 2.87.